The third-order valence-electron chi connectivity index (χ3n) is 5.89. The predicted octanol–water partition coefficient (Wildman–Crippen LogP) is 6.02. The molecule has 0 aromatic carbocycles. The van der Waals surface area contributed by atoms with Crippen molar-refractivity contribution in [1.82, 2.24) is 0 Å². The second kappa shape index (κ2) is 7.29. The van der Waals surface area contributed by atoms with Crippen LogP contribution in [-0.2, 0) is 0 Å². The molecule has 112 valence electrons. The average molecular weight is 272 g/mol. The van der Waals surface area contributed by atoms with Crippen molar-refractivity contribution in [3.63, 3.8) is 0 Å². The molecule has 0 aromatic heterocycles. The van der Waals surface area contributed by atoms with Crippen molar-refractivity contribution in [2.75, 3.05) is 0 Å². The maximum Gasteiger partial charge on any atom is -0.0199 e. The standard InChI is InChI=1S/C11H18.C9H14/c1-4-9-7-10(5-2)11(6-3)8-9;1-2-8-5-7-3-4-9(8)6-7/h4-5,9-11H,1-2,6-8H2,3H3;3-4,7-9H,2,5-6H2,1H3. The molecule has 0 N–H and O–H groups in total. The summed E-state index contributed by atoms with van der Waals surface area (Å²) in [5.74, 6) is 5.36. The molecule has 0 heterocycles. The highest BCUT2D eigenvalue weighted by Gasteiger charge is 2.33. The van der Waals surface area contributed by atoms with E-state index < -0.39 is 0 Å². The summed E-state index contributed by atoms with van der Waals surface area (Å²) in [4.78, 5) is 0. The lowest BCUT2D eigenvalue weighted by molar-refractivity contribution is 0.434. The largest absolute Gasteiger partial charge is 0.103 e. The normalized spacial score (nSPS) is 41.3. The minimum absolute atomic E-state index is 0.753. The van der Waals surface area contributed by atoms with E-state index in [0.717, 1.165) is 35.5 Å². The molecule has 6 atom stereocenters. The van der Waals surface area contributed by atoms with Gasteiger partial charge in [-0.05, 0) is 61.2 Å². The van der Waals surface area contributed by atoms with Gasteiger partial charge in [-0.25, -0.2) is 0 Å². The van der Waals surface area contributed by atoms with Gasteiger partial charge in [0, 0.05) is 0 Å². The number of allylic oxidation sites excluding steroid dienone is 4. The van der Waals surface area contributed by atoms with E-state index in [1.807, 2.05) is 0 Å². The average Bonchev–Trinajstić information content (AvgIpc) is 3.21. The van der Waals surface area contributed by atoms with Gasteiger partial charge in [-0.1, -0.05) is 51.0 Å². The Morgan fingerprint density at radius 2 is 1.65 bits per heavy atom. The van der Waals surface area contributed by atoms with Gasteiger partial charge in [0.15, 0.2) is 0 Å². The van der Waals surface area contributed by atoms with E-state index in [1.165, 1.54) is 38.5 Å². The fourth-order valence-electron chi connectivity index (χ4n) is 4.52. The Morgan fingerprint density at radius 1 is 0.900 bits per heavy atom. The lowest BCUT2D eigenvalue weighted by atomic mass is 9.91. The summed E-state index contributed by atoms with van der Waals surface area (Å²) < 4.78 is 0. The fourth-order valence-corrected chi connectivity index (χ4v) is 4.52. The van der Waals surface area contributed by atoms with Crippen molar-refractivity contribution in [3.8, 4) is 0 Å². The molecule has 0 aliphatic heterocycles. The van der Waals surface area contributed by atoms with Crippen LogP contribution in [0.15, 0.2) is 37.5 Å². The minimum Gasteiger partial charge on any atom is -0.103 e. The zero-order valence-electron chi connectivity index (χ0n) is 13.4. The van der Waals surface area contributed by atoms with E-state index in [-0.39, 0.29) is 0 Å². The molecular formula is C20H32. The number of hydrogen-bond donors (Lipinski definition) is 0. The first-order chi connectivity index (χ1) is 9.71. The van der Waals surface area contributed by atoms with Gasteiger partial charge in [0.25, 0.3) is 0 Å². The molecular weight excluding hydrogens is 240 g/mol. The monoisotopic (exact) mass is 272 g/mol. The van der Waals surface area contributed by atoms with Gasteiger partial charge in [-0.3, -0.25) is 0 Å². The van der Waals surface area contributed by atoms with Crippen LogP contribution in [0.3, 0.4) is 0 Å². The Kier molecular flexibility index (Phi) is 5.69. The Hall–Kier alpha value is -0.780. The summed E-state index contributed by atoms with van der Waals surface area (Å²) in [6.07, 6.45) is 17.3. The maximum absolute atomic E-state index is 3.88. The van der Waals surface area contributed by atoms with Gasteiger partial charge in [0.1, 0.15) is 0 Å². The molecule has 0 spiro atoms. The molecule has 3 aliphatic carbocycles. The third kappa shape index (κ3) is 3.45. The third-order valence-corrected chi connectivity index (χ3v) is 5.89. The molecule has 3 rings (SSSR count). The molecule has 0 aromatic rings. The summed E-state index contributed by atoms with van der Waals surface area (Å²) in [5.41, 5.74) is 0. The second-order valence-corrected chi connectivity index (χ2v) is 6.98. The summed E-state index contributed by atoms with van der Waals surface area (Å²) in [6, 6.07) is 0. The van der Waals surface area contributed by atoms with Crippen LogP contribution in [0, 0.1) is 35.5 Å². The van der Waals surface area contributed by atoms with E-state index in [1.54, 1.807) is 0 Å². The molecule has 2 bridgehead atoms. The number of fused-ring (bicyclic) bond motifs is 2. The zero-order valence-corrected chi connectivity index (χ0v) is 13.4. The van der Waals surface area contributed by atoms with Gasteiger partial charge in [-0.15, -0.1) is 13.2 Å². The quantitative estimate of drug-likeness (QED) is 0.549. The minimum atomic E-state index is 0.753. The van der Waals surface area contributed by atoms with Crippen molar-refractivity contribution < 1.29 is 0 Å². The van der Waals surface area contributed by atoms with Crippen LogP contribution < -0.4 is 0 Å². The van der Waals surface area contributed by atoms with Crippen LogP contribution in [0.4, 0.5) is 0 Å². The van der Waals surface area contributed by atoms with Crippen LogP contribution in [-0.4, -0.2) is 0 Å². The van der Waals surface area contributed by atoms with Crippen molar-refractivity contribution in [2.24, 2.45) is 35.5 Å². The lowest BCUT2D eigenvalue weighted by Crippen LogP contribution is -2.04. The molecule has 2 fully saturated rings. The van der Waals surface area contributed by atoms with Gasteiger partial charge in [0.2, 0.25) is 0 Å². The molecule has 0 radical (unpaired) electrons. The van der Waals surface area contributed by atoms with Crippen LogP contribution in [0.2, 0.25) is 0 Å². The summed E-state index contributed by atoms with van der Waals surface area (Å²) in [7, 11) is 0. The van der Waals surface area contributed by atoms with Crippen molar-refractivity contribution in [3.05, 3.63) is 37.5 Å². The van der Waals surface area contributed by atoms with E-state index in [0.29, 0.717) is 0 Å². The van der Waals surface area contributed by atoms with Gasteiger partial charge in [-0.2, -0.15) is 0 Å². The van der Waals surface area contributed by atoms with Crippen molar-refractivity contribution in [2.45, 2.75) is 52.4 Å². The SMILES string of the molecule is C=CC1CC(C=C)C(CC)C1.CCC1CC2C=CC1C2. The highest BCUT2D eigenvalue weighted by atomic mass is 14.4. The molecule has 3 aliphatic rings. The number of hydrogen-bond acceptors (Lipinski definition) is 0. The first kappa shape index (κ1) is 15.6. The summed E-state index contributed by atoms with van der Waals surface area (Å²) in [5, 5.41) is 0. The molecule has 6 unspecified atom stereocenters. The molecule has 0 saturated heterocycles. The number of rotatable bonds is 4. The lowest BCUT2D eigenvalue weighted by Gasteiger charge is -2.14. The second-order valence-electron chi connectivity index (χ2n) is 6.98. The first-order valence-electron chi connectivity index (χ1n) is 8.65. The smallest absolute Gasteiger partial charge is 0.0199 e. The Bertz CT molecular complexity index is 351. The zero-order chi connectivity index (χ0) is 14.5. The Morgan fingerprint density at radius 3 is 2.00 bits per heavy atom. The molecule has 0 amide bonds. The Balaban J connectivity index is 0.000000149. The van der Waals surface area contributed by atoms with E-state index >= 15 is 0 Å². The first-order valence-corrected chi connectivity index (χ1v) is 8.65. The Labute approximate surface area is 126 Å². The van der Waals surface area contributed by atoms with Crippen LogP contribution in [0.25, 0.3) is 0 Å². The van der Waals surface area contributed by atoms with Gasteiger partial charge >= 0.3 is 0 Å². The molecule has 0 heteroatoms. The van der Waals surface area contributed by atoms with E-state index in [2.05, 4.69) is 51.3 Å². The van der Waals surface area contributed by atoms with E-state index in [9.17, 15) is 0 Å². The van der Waals surface area contributed by atoms with Crippen LogP contribution in [0.1, 0.15) is 52.4 Å². The van der Waals surface area contributed by atoms with Crippen molar-refractivity contribution in [1.29, 1.82) is 0 Å². The topological polar surface area (TPSA) is 0 Å². The van der Waals surface area contributed by atoms with Gasteiger partial charge in [0.05, 0.1) is 0 Å². The summed E-state index contributed by atoms with van der Waals surface area (Å²) >= 11 is 0. The van der Waals surface area contributed by atoms with Crippen LogP contribution >= 0.6 is 0 Å². The highest BCUT2D eigenvalue weighted by Crippen LogP contribution is 2.44. The molecule has 0 nitrogen and oxygen atoms in total. The highest BCUT2D eigenvalue weighted by molar-refractivity contribution is 5.09. The predicted molar refractivity (Wildman–Crippen MR) is 89.5 cm³/mol. The van der Waals surface area contributed by atoms with Crippen LogP contribution in [0.5, 0.6) is 0 Å². The van der Waals surface area contributed by atoms with Crippen molar-refractivity contribution >= 4 is 0 Å². The van der Waals surface area contributed by atoms with Gasteiger partial charge < -0.3 is 0 Å². The fraction of sp³-hybridized carbons (Fsp3) is 0.700. The van der Waals surface area contributed by atoms with E-state index in [4.69, 9.17) is 0 Å². The molecule has 2 saturated carbocycles. The molecule has 20 heavy (non-hydrogen) atoms. The maximum atomic E-state index is 3.88. The summed E-state index contributed by atoms with van der Waals surface area (Å²) in [6.45, 7) is 12.3.